The summed E-state index contributed by atoms with van der Waals surface area (Å²) in [6.45, 7) is 3.63. The molecule has 1 rings (SSSR count). The topological polar surface area (TPSA) is 47.6 Å². The zero-order chi connectivity index (χ0) is 9.23. The Hall–Kier alpha value is -2.00. The van der Waals surface area contributed by atoms with Crippen molar-refractivity contribution in [2.75, 3.05) is 0 Å². The molecule has 0 amide bonds. The van der Waals surface area contributed by atoms with Crippen LogP contribution in [0.4, 0.5) is 0 Å². The van der Waals surface area contributed by atoms with Crippen LogP contribution in [0.25, 0.3) is 6.08 Å². The summed E-state index contributed by atoms with van der Waals surface area (Å²) >= 11 is 0. The van der Waals surface area contributed by atoms with Crippen LogP contribution in [-0.2, 0) is 0 Å². The van der Waals surface area contributed by atoms with E-state index in [-0.39, 0.29) is 8.41 Å². The minimum absolute atomic E-state index is 0. The summed E-state index contributed by atoms with van der Waals surface area (Å²) in [6, 6.07) is 12.5. The van der Waals surface area contributed by atoms with Crippen molar-refractivity contribution in [2.24, 2.45) is 0 Å². The van der Waals surface area contributed by atoms with Crippen LogP contribution < -0.4 is 0 Å². The van der Waals surface area contributed by atoms with E-state index in [1.165, 1.54) is 17.7 Å². The van der Waals surface area contributed by atoms with E-state index < -0.39 is 0 Å². The van der Waals surface area contributed by atoms with Gasteiger partial charge in [0.15, 0.2) is 12.1 Å². The minimum Gasteiger partial charge on any atom is -0.181 e. The second-order valence-corrected chi connectivity index (χ2v) is 1.84. The summed E-state index contributed by atoms with van der Waals surface area (Å²) in [4.78, 5) is 0. The van der Waals surface area contributed by atoms with Crippen LogP contribution in [0.15, 0.2) is 36.9 Å². The van der Waals surface area contributed by atoms with E-state index in [4.69, 9.17) is 10.5 Å². The van der Waals surface area contributed by atoms with Crippen molar-refractivity contribution in [1.29, 1.82) is 10.5 Å². The Morgan fingerprint density at radius 1 is 1.08 bits per heavy atom. The second-order valence-electron chi connectivity index (χ2n) is 1.84. The van der Waals surface area contributed by atoms with Gasteiger partial charge in [0, 0.05) is 8.41 Å². The van der Waals surface area contributed by atoms with Gasteiger partial charge in [0.05, 0.1) is 0 Å². The molecule has 0 spiro atoms. The van der Waals surface area contributed by atoms with E-state index in [9.17, 15) is 0 Å². The standard InChI is InChI=1S/C8H8.C2N2.B/c1-2-8-6-4-3-5-7-8;3-1-2-4;/h2-7H,1H2;;. The third-order valence-corrected chi connectivity index (χ3v) is 1.09. The fourth-order valence-electron chi connectivity index (χ4n) is 0.589. The Labute approximate surface area is 80.3 Å². The Balaban J connectivity index is 0. The van der Waals surface area contributed by atoms with Crippen LogP contribution in [0, 0.1) is 22.7 Å². The maximum absolute atomic E-state index is 7.26. The average molecular weight is 167 g/mol. The third kappa shape index (κ3) is 7.91. The molecule has 0 aliphatic carbocycles. The van der Waals surface area contributed by atoms with Gasteiger partial charge in [0.25, 0.3) is 0 Å². The maximum Gasteiger partial charge on any atom is 0.181 e. The largest absolute Gasteiger partial charge is 0.181 e. The SMILES string of the molecule is C=Cc1ccccc1.N#CC#N.[B]. The second kappa shape index (κ2) is 10.0. The van der Waals surface area contributed by atoms with Gasteiger partial charge in [-0.2, -0.15) is 10.5 Å². The molecule has 3 radical (unpaired) electrons. The Bertz CT molecular complexity index is 294. The van der Waals surface area contributed by atoms with E-state index in [1.807, 2.05) is 36.4 Å². The van der Waals surface area contributed by atoms with Crippen molar-refractivity contribution < 1.29 is 0 Å². The number of rotatable bonds is 1. The maximum atomic E-state index is 7.26. The van der Waals surface area contributed by atoms with Crippen LogP contribution >= 0.6 is 0 Å². The first kappa shape index (κ1) is 13.6. The number of hydrogen-bond donors (Lipinski definition) is 0. The van der Waals surface area contributed by atoms with E-state index in [2.05, 4.69) is 6.58 Å². The molecule has 0 saturated heterocycles. The lowest BCUT2D eigenvalue weighted by atomic mass is 10.2. The molecule has 61 valence electrons. The van der Waals surface area contributed by atoms with Gasteiger partial charge >= 0.3 is 0 Å². The van der Waals surface area contributed by atoms with Crippen LogP contribution in [0.1, 0.15) is 5.56 Å². The summed E-state index contributed by atoms with van der Waals surface area (Å²) < 4.78 is 0. The highest BCUT2D eigenvalue weighted by Gasteiger charge is 1.75. The van der Waals surface area contributed by atoms with E-state index in [0.29, 0.717) is 0 Å². The summed E-state index contributed by atoms with van der Waals surface area (Å²) in [6.07, 6.45) is 1.83. The van der Waals surface area contributed by atoms with Crippen molar-refractivity contribution in [3.8, 4) is 12.1 Å². The van der Waals surface area contributed by atoms with Crippen molar-refractivity contribution in [1.82, 2.24) is 0 Å². The number of benzene rings is 1. The molecule has 2 nitrogen and oxygen atoms in total. The third-order valence-electron chi connectivity index (χ3n) is 1.09. The predicted molar refractivity (Wildman–Crippen MR) is 53.5 cm³/mol. The summed E-state index contributed by atoms with van der Waals surface area (Å²) in [5.74, 6) is 0. The van der Waals surface area contributed by atoms with E-state index in [1.54, 1.807) is 0 Å². The first-order valence-corrected chi connectivity index (χ1v) is 3.30. The Kier molecular flexibility index (Phi) is 10.5. The predicted octanol–water partition coefficient (Wildman–Crippen LogP) is 1.98. The summed E-state index contributed by atoms with van der Waals surface area (Å²) in [5.41, 5.74) is 1.17. The monoisotopic (exact) mass is 167 g/mol. The van der Waals surface area contributed by atoms with E-state index in [0.717, 1.165) is 0 Å². The highest BCUT2D eigenvalue weighted by molar-refractivity contribution is 5.75. The highest BCUT2D eigenvalue weighted by atomic mass is 14.3. The lowest BCUT2D eigenvalue weighted by Crippen LogP contribution is -1.63. The Morgan fingerprint density at radius 3 is 1.77 bits per heavy atom. The average Bonchev–Trinajstić information content (AvgIpc) is 2.19. The van der Waals surface area contributed by atoms with Crippen molar-refractivity contribution in [3.05, 3.63) is 42.5 Å². The van der Waals surface area contributed by atoms with Gasteiger partial charge in [0.1, 0.15) is 0 Å². The summed E-state index contributed by atoms with van der Waals surface area (Å²) in [5, 5.41) is 14.5. The molecule has 0 aliphatic heterocycles. The molecule has 0 fully saturated rings. The quantitative estimate of drug-likeness (QED) is 0.600. The highest BCUT2D eigenvalue weighted by Crippen LogP contribution is 1.97. The molecule has 0 atom stereocenters. The molecule has 13 heavy (non-hydrogen) atoms. The van der Waals surface area contributed by atoms with Crippen LogP contribution in [-0.4, -0.2) is 8.41 Å². The van der Waals surface area contributed by atoms with Crippen molar-refractivity contribution >= 4 is 14.5 Å². The molecule has 0 heterocycles. The Morgan fingerprint density at radius 2 is 1.54 bits per heavy atom. The van der Waals surface area contributed by atoms with Gasteiger partial charge in [-0.25, -0.2) is 0 Å². The zero-order valence-electron chi connectivity index (χ0n) is 7.14. The number of nitrogens with zero attached hydrogens (tertiary/aromatic N) is 2. The lowest BCUT2D eigenvalue weighted by molar-refractivity contribution is 1.49. The molecule has 1 aromatic rings. The van der Waals surface area contributed by atoms with Gasteiger partial charge in [-0.05, 0) is 5.56 Å². The summed E-state index contributed by atoms with van der Waals surface area (Å²) in [7, 11) is 0. The van der Waals surface area contributed by atoms with Crippen LogP contribution in [0.3, 0.4) is 0 Å². The fourth-order valence-corrected chi connectivity index (χ4v) is 0.589. The molecular formula is C10H8BN2. The number of hydrogen-bond acceptors (Lipinski definition) is 2. The normalized spacial score (nSPS) is 6.00. The van der Waals surface area contributed by atoms with Crippen LogP contribution in [0.2, 0.25) is 0 Å². The zero-order valence-corrected chi connectivity index (χ0v) is 7.14. The van der Waals surface area contributed by atoms with Crippen LogP contribution in [0.5, 0.6) is 0 Å². The van der Waals surface area contributed by atoms with Gasteiger partial charge in [-0.3, -0.25) is 0 Å². The molecule has 0 unspecified atom stereocenters. The molecular weight excluding hydrogens is 159 g/mol. The van der Waals surface area contributed by atoms with Gasteiger partial charge in [-0.15, -0.1) is 0 Å². The van der Waals surface area contributed by atoms with Crippen molar-refractivity contribution in [2.45, 2.75) is 0 Å². The smallest absolute Gasteiger partial charge is 0.181 e. The molecule has 0 bridgehead atoms. The molecule has 0 aromatic heterocycles. The fraction of sp³-hybridized carbons (Fsp3) is 0. The first-order chi connectivity index (χ1) is 5.85. The number of nitriles is 2. The molecule has 1 aromatic carbocycles. The van der Waals surface area contributed by atoms with Gasteiger partial charge in [0.2, 0.25) is 0 Å². The molecule has 0 N–H and O–H groups in total. The minimum atomic E-state index is 0. The lowest BCUT2D eigenvalue weighted by Gasteiger charge is -1.85. The first-order valence-electron chi connectivity index (χ1n) is 3.30. The van der Waals surface area contributed by atoms with Gasteiger partial charge < -0.3 is 0 Å². The molecule has 0 saturated carbocycles. The van der Waals surface area contributed by atoms with E-state index >= 15 is 0 Å². The molecule has 0 aliphatic rings. The van der Waals surface area contributed by atoms with Crippen molar-refractivity contribution in [3.63, 3.8) is 0 Å². The van der Waals surface area contributed by atoms with Gasteiger partial charge in [-0.1, -0.05) is 43.0 Å². The molecule has 3 heteroatoms.